The van der Waals surface area contributed by atoms with Crippen molar-refractivity contribution in [1.82, 2.24) is 10.6 Å². The SMILES string of the molecule is CCCCCCCC(CCCCCCCCCCNC(=O)OCCc1cc(Br)c(Nc2ccc(O)c3c2C(=O)c2ccccc2C3=O)c(Br)c1)C(CCCCCCC)CCCCCCCCCCNC(=O)OCCc1cc(Br)c(Nc2ccc(O)c3c2C(=O)c2ccccc2C3=O)c(Br)c1. The smallest absolute Gasteiger partial charge is 0.407 e. The van der Waals surface area contributed by atoms with Gasteiger partial charge >= 0.3 is 12.2 Å². The number of phenolic OH excluding ortho intramolecular Hbond substituents is 2. The molecule has 6 aromatic rings. The Kier molecular flexibility index (Phi) is 33.6. The predicted molar refractivity (Wildman–Crippen MR) is 416 cm³/mol. The Bertz CT molecular complexity index is 3440. The number of anilines is 4. The first kappa shape index (κ1) is 79.4. The molecular weight excluding hydrogens is 1520 g/mol. The minimum atomic E-state index is -0.418. The van der Waals surface area contributed by atoms with Gasteiger partial charge in [0, 0.05) is 66.1 Å². The fourth-order valence-electron chi connectivity index (χ4n) is 14.1. The van der Waals surface area contributed by atoms with Crippen LogP contribution in [0.1, 0.15) is 281 Å². The van der Waals surface area contributed by atoms with E-state index in [9.17, 15) is 39.0 Å². The summed E-state index contributed by atoms with van der Waals surface area (Å²) in [7, 11) is 0. The molecule has 538 valence electrons. The number of ketones is 4. The summed E-state index contributed by atoms with van der Waals surface area (Å²) in [6.07, 6.45) is 38.4. The third-order valence-corrected chi connectivity index (χ3v) is 22.1. The zero-order chi connectivity index (χ0) is 71.2. The lowest BCUT2D eigenvalue weighted by atomic mass is 9.78. The molecule has 0 saturated heterocycles. The summed E-state index contributed by atoms with van der Waals surface area (Å²) in [4.78, 5) is 79.2. The molecule has 6 aromatic carbocycles. The van der Waals surface area contributed by atoms with Crippen LogP contribution >= 0.6 is 63.7 Å². The first-order chi connectivity index (χ1) is 48.6. The van der Waals surface area contributed by atoms with Crippen LogP contribution in [0.3, 0.4) is 0 Å². The number of halogens is 4. The van der Waals surface area contributed by atoms with Gasteiger partial charge in [-0.25, -0.2) is 9.59 Å². The number of fused-ring (bicyclic) bond motifs is 4. The summed E-state index contributed by atoms with van der Waals surface area (Å²) in [5.41, 5.74) is 5.26. The van der Waals surface area contributed by atoms with Crippen LogP contribution in [-0.2, 0) is 22.3 Å². The minimum absolute atomic E-state index is 0.0173. The van der Waals surface area contributed by atoms with Gasteiger partial charge in [-0.05, 0) is 148 Å². The Morgan fingerprint density at radius 1 is 0.380 bits per heavy atom. The highest BCUT2D eigenvalue weighted by Gasteiger charge is 2.36. The van der Waals surface area contributed by atoms with Crippen molar-refractivity contribution in [1.29, 1.82) is 0 Å². The van der Waals surface area contributed by atoms with Crippen LogP contribution in [0.5, 0.6) is 11.5 Å². The molecule has 2 unspecified atom stereocenters. The highest BCUT2D eigenvalue weighted by molar-refractivity contribution is 9.11. The highest BCUT2D eigenvalue weighted by atomic mass is 79.9. The molecule has 0 spiro atoms. The van der Waals surface area contributed by atoms with Crippen molar-refractivity contribution in [3.63, 3.8) is 0 Å². The van der Waals surface area contributed by atoms with Gasteiger partial charge < -0.3 is 41.0 Å². The van der Waals surface area contributed by atoms with Crippen LogP contribution < -0.4 is 21.3 Å². The predicted octanol–water partition coefficient (Wildman–Crippen LogP) is 23.4. The molecule has 0 saturated carbocycles. The van der Waals surface area contributed by atoms with Crippen molar-refractivity contribution in [2.75, 3.05) is 36.9 Å². The number of carbonyl (C=O) groups excluding carboxylic acids is 6. The molecule has 18 heteroatoms. The first-order valence-electron chi connectivity index (χ1n) is 37.0. The van der Waals surface area contributed by atoms with Crippen LogP contribution in [0.2, 0.25) is 0 Å². The second kappa shape index (κ2) is 42.3. The molecule has 8 rings (SSSR count). The van der Waals surface area contributed by atoms with Gasteiger partial charge in [0.15, 0.2) is 23.1 Å². The van der Waals surface area contributed by atoms with E-state index in [-0.39, 0.29) is 69.7 Å². The van der Waals surface area contributed by atoms with E-state index >= 15 is 0 Å². The van der Waals surface area contributed by atoms with Crippen molar-refractivity contribution >= 4 is 122 Å². The lowest BCUT2D eigenvalue weighted by molar-refractivity contribution is 0.0977. The van der Waals surface area contributed by atoms with Gasteiger partial charge in [0.1, 0.15) is 11.5 Å². The van der Waals surface area contributed by atoms with Crippen molar-refractivity contribution < 1.29 is 48.5 Å². The lowest BCUT2D eigenvalue weighted by Crippen LogP contribution is -2.26. The zero-order valence-electron chi connectivity index (χ0n) is 58.5. The van der Waals surface area contributed by atoms with Gasteiger partial charge in [0.2, 0.25) is 0 Å². The molecule has 0 aromatic heterocycles. The minimum Gasteiger partial charge on any atom is -0.507 e. The number of rotatable bonds is 45. The van der Waals surface area contributed by atoms with E-state index < -0.39 is 23.8 Å². The molecule has 100 heavy (non-hydrogen) atoms. The molecule has 6 N–H and O–H groups in total. The molecule has 0 fully saturated rings. The van der Waals surface area contributed by atoms with Crippen LogP contribution in [-0.4, -0.2) is 71.8 Å². The van der Waals surface area contributed by atoms with Crippen LogP contribution in [0.4, 0.5) is 32.3 Å². The van der Waals surface area contributed by atoms with Crippen molar-refractivity contribution in [3.05, 3.63) is 171 Å². The number of aromatic hydroxyl groups is 2. The number of amides is 2. The van der Waals surface area contributed by atoms with Crippen molar-refractivity contribution in [3.8, 4) is 11.5 Å². The van der Waals surface area contributed by atoms with Crippen LogP contribution in [0.15, 0.2) is 115 Å². The summed E-state index contributed by atoms with van der Waals surface area (Å²) in [5, 5.41) is 33.8. The average Bonchev–Trinajstić information content (AvgIpc) is 0.751. The Labute approximate surface area is 626 Å². The number of nitrogens with one attached hydrogen (secondary N) is 4. The summed E-state index contributed by atoms with van der Waals surface area (Å²) in [6.45, 7) is 6.20. The highest BCUT2D eigenvalue weighted by Crippen LogP contribution is 2.44. The van der Waals surface area contributed by atoms with Gasteiger partial charge in [-0.2, -0.15) is 0 Å². The number of hydrogen-bond donors (Lipinski definition) is 6. The van der Waals surface area contributed by atoms with Gasteiger partial charge in [0.25, 0.3) is 0 Å². The van der Waals surface area contributed by atoms with Gasteiger partial charge in [0.05, 0.1) is 58.2 Å². The third kappa shape index (κ3) is 23.3. The fourth-order valence-corrected chi connectivity index (χ4v) is 17.1. The Balaban J connectivity index is 0.656. The first-order valence-corrected chi connectivity index (χ1v) is 40.2. The second-order valence-electron chi connectivity index (χ2n) is 27.1. The van der Waals surface area contributed by atoms with Gasteiger partial charge in [-0.15, -0.1) is 0 Å². The van der Waals surface area contributed by atoms with Gasteiger partial charge in [-0.3, -0.25) is 19.2 Å². The summed E-state index contributed by atoms with van der Waals surface area (Å²) >= 11 is 14.6. The zero-order valence-corrected chi connectivity index (χ0v) is 64.9. The molecule has 0 bridgehead atoms. The molecular formula is C82H102Br4N4O10. The number of phenols is 2. The molecule has 0 radical (unpaired) electrons. The number of alkyl carbamates (subject to hydrolysis) is 2. The molecule has 2 aliphatic rings. The van der Waals surface area contributed by atoms with E-state index in [1.807, 2.05) is 24.3 Å². The summed E-state index contributed by atoms with van der Waals surface area (Å²) in [5.74, 6) is -0.293. The fraction of sp³-hybridized carbons (Fsp3) is 0.488. The monoisotopic (exact) mass is 1620 g/mol. The van der Waals surface area contributed by atoms with E-state index in [4.69, 9.17) is 9.47 Å². The number of carbonyl (C=O) groups is 6. The third-order valence-electron chi connectivity index (χ3n) is 19.6. The maximum absolute atomic E-state index is 13.6. The quantitative estimate of drug-likeness (QED) is 0.0156. The van der Waals surface area contributed by atoms with E-state index in [0.717, 1.165) is 48.6 Å². The van der Waals surface area contributed by atoms with E-state index in [1.165, 1.54) is 179 Å². The van der Waals surface area contributed by atoms with Crippen LogP contribution in [0.25, 0.3) is 0 Å². The Morgan fingerprint density at radius 3 is 0.970 bits per heavy atom. The molecule has 14 nitrogen and oxygen atoms in total. The lowest BCUT2D eigenvalue weighted by Gasteiger charge is -2.28. The average molecular weight is 1620 g/mol. The number of benzene rings is 6. The molecule has 2 aliphatic carbocycles. The standard InChI is InChI=1S/C82H102Br4N4O10/c1-3-5-7-17-23-33-57(35-25-19-13-9-11-15-21-31-47-87-81(97)99-49-45-55-51-63(83)75(64(84)52-55)89-67-41-43-69(91)73-71(67)77(93)59-37-27-29-39-61(59)79(73)95)58(34-24-18-8-6-4-2)36-26-20-14-10-12-16-22-32-48-88-82(98)100-50-46-56-53-65(85)76(66(86)54-56)90-68-42-44-70(92)74-72(68)78(94)60-38-28-30-40-62(60)80(74)96/h27-30,37-44,51-54,57-58,89-92H,3-26,31-36,45-50H2,1-2H3,(H,87,97)(H,88,98). The number of ether oxygens (including phenoxy) is 2. The summed E-state index contributed by atoms with van der Waals surface area (Å²) in [6, 6.07) is 27.0. The molecule has 0 aliphatic heterocycles. The molecule has 0 heterocycles. The normalized spacial score (nSPS) is 12.9. The molecule has 2 atom stereocenters. The largest absolute Gasteiger partial charge is 0.507 e. The van der Waals surface area contributed by atoms with Crippen molar-refractivity contribution in [2.24, 2.45) is 11.8 Å². The van der Waals surface area contributed by atoms with Crippen molar-refractivity contribution in [2.45, 2.75) is 219 Å². The Morgan fingerprint density at radius 2 is 0.660 bits per heavy atom. The topological polar surface area (TPSA) is 209 Å². The maximum Gasteiger partial charge on any atom is 0.407 e. The van der Waals surface area contributed by atoms with E-state index in [2.05, 4.69) is 98.8 Å². The van der Waals surface area contributed by atoms with Gasteiger partial charge in [-0.1, -0.05) is 242 Å². The number of unbranched alkanes of at least 4 members (excludes halogenated alkanes) is 22. The van der Waals surface area contributed by atoms with E-state index in [0.29, 0.717) is 77.7 Å². The van der Waals surface area contributed by atoms with Crippen LogP contribution in [0, 0.1) is 11.8 Å². The molecule has 2 amide bonds. The van der Waals surface area contributed by atoms with E-state index in [1.54, 1.807) is 60.7 Å². The number of hydrogen-bond acceptors (Lipinski definition) is 12. The second-order valence-corrected chi connectivity index (χ2v) is 30.5. The summed E-state index contributed by atoms with van der Waals surface area (Å²) < 4.78 is 13.9. The Hall–Kier alpha value is -6.34. The maximum atomic E-state index is 13.6.